The molecular formula is C13H17ClN2O3. The van der Waals surface area contributed by atoms with Gasteiger partial charge >= 0.3 is 5.97 Å². The molecule has 0 fully saturated rings. The van der Waals surface area contributed by atoms with E-state index in [1.54, 1.807) is 19.2 Å². The summed E-state index contributed by atoms with van der Waals surface area (Å²) in [6.45, 7) is 2.91. The molecule has 0 heterocycles. The van der Waals surface area contributed by atoms with Gasteiger partial charge in [0.05, 0.1) is 17.1 Å². The molecule has 0 atom stereocenters. The largest absolute Gasteiger partial charge is 0.478 e. The average molecular weight is 285 g/mol. The van der Waals surface area contributed by atoms with Gasteiger partial charge in [-0.2, -0.15) is 0 Å². The van der Waals surface area contributed by atoms with Crippen LogP contribution in [0.4, 0.5) is 5.69 Å². The molecule has 0 saturated heterocycles. The predicted octanol–water partition coefficient (Wildman–Crippen LogP) is 2.00. The fourth-order valence-corrected chi connectivity index (χ4v) is 1.95. The smallest absolute Gasteiger partial charge is 0.337 e. The van der Waals surface area contributed by atoms with Crippen LogP contribution in [0.1, 0.15) is 23.7 Å². The van der Waals surface area contributed by atoms with E-state index in [1.807, 2.05) is 11.8 Å². The number of benzene rings is 1. The Kier molecular flexibility index (Phi) is 5.63. The van der Waals surface area contributed by atoms with Crippen LogP contribution in [-0.4, -0.2) is 37.1 Å². The second kappa shape index (κ2) is 6.99. The summed E-state index contributed by atoms with van der Waals surface area (Å²) in [6.07, 6.45) is 0.870. The van der Waals surface area contributed by atoms with E-state index in [2.05, 4.69) is 5.32 Å². The number of nitrogens with one attached hydrogen (secondary N) is 1. The van der Waals surface area contributed by atoms with Crippen LogP contribution in [0, 0.1) is 0 Å². The molecule has 1 amide bonds. The van der Waals surface area contributed by atoms with Crippen LogP contribution in [0.25, 0.3) is 0 Å². The summed E-state index contributed by atoms with van der Waals surface area (Å²) in [5, 5.41) is 11.6. The zero-order valence-corrected chi connectivity index (χ0v) is 11.7. The van der Waals surface area contributed by atoms with Gasteiger partial charge in [-0.15, -0.1) is 0 Å². The Balaban J connectivity index is 2.99. The van der Waals surface area contributed by atoms with Crippen molar-refractivity contribution in [3.05, 3.63) is 28.8 Å². The summed E-state index contributed by atoms with van der Waals surface area (Å²) in [4.78, 5) is 24.2. The van der Waals surface area contributed by atoms with E-state index in [1.165, 1.54) is 6.07 Å². The minimum Gasteiger partial charge on any atom is -0.478 e. The Morgan fingerprint density at radius 2 is 2.11 bits per heavy atom. The van der Waals surface area contributed by atoms with Crippen molar-refractivity contribution >= 4 is 29.2 Å². The summed E-state index contributed by atoms with van der Waals surface area (Å²) >= 11 is 5.93. The zero-order valence-electron chi connectivity index (χ0n) is 10.9. The van der Waals surface area contributed by atoms with Gasteiger partial charge in [-0.1, -0.05) is 18.5 Å². The molecule has 0 aromatic heterocycles. The van der Waals surface area contributed by atoms with Crippen molar-refractivity contribution in [2.24, 2.45) is 0 Å². The second-order valence-corrected chi connectivity index (χ2v) is 4.47. The van der Waals surface area contributed by atoms with Crippen molar-refractivity contribution in [1.29, 1.82) is 0 Å². The monoisotopic (exact) mass is 284 g/mol. The van der Waals surface area contributed by atoms with Crippen LogP contribution in [-0.2, 0) is 4.79 Å². The lowest BCUT2D eigenvalue weighted by Crippen LogP contribution is -2.36. The van der Waals surface area contributed by atoms with Gasteiger partial charge in [0.1, 0.15) is 0 Å². The number of hydrogen-bond donors (Lipinski definition) is 2. The Morgan fingerprint density at radius 3 is 2.58 bits per heavy atom. The molecule has 1 rings (SSSR count). The molecule has 0 unspecified atom stereocenters. The first kappa shape index (κ1) is 15.3. The molecule has 19 heavy (non-hydrogen) atoms. The molecule has 1 aromatic carbocycles. The third-order valence-electron chi connectivity index (χ3n) is 2.66. The van der Waals surface area contributed by atoms with Crippen molar-refractivity contribution in [3.63, 3.8) is 0 Å². The SMILES string of the molecule is CCCN(CC(=O)NC)c1ccc(C(=O)O)c(Cl)c1. The van der Waals surface area contributed by atoms with Gasteiger partial charge in [-0.3, -0.25) is 4.79 Å². The lowest BCUT2D eigenvalue weighted by Gasteiger charge is -2.23. The third kappa shape index (κ3) is 4.13. The first-order valence-electron chi connectivity index (χ1n) is 5.98. The molecule has 1 aromatic rings. The standard InChI is InChI=1S/C13H17ClN2O3/c1-3-6-16(8-12(17)15-2)9-4-5-10(13(18)19)11(14)7-9/h4-5,7H,3,6,8H2,1-2H3,(H,15,17)(H,18,19). The Hall–Kier alpha value is -1.75. The number of nitrogens with zero attached hydrogens (tertiary/aromatic N) is 1. The molecule has 0 aliphatic carbocycles. The lowest BCUT2D eigenvalue weighted by atomic mass is 10.2. The molecule has 0 aliphatic heterocycles. The number of carbonyl (C=O) groups excluding carboxylic acids is 1. The highest BCUT2D eigenvalue weighted by molar-refractivity contribution is 6.33. The number of carboxylic acids is 1. The van der Waals surface area contributed by atoms with Gasteiger partial charge in [0, 0.05) is 19.3 Å². The summed E-state index contributed by atoms with van der Waals surface area (Å²) in [5.74, 6) is -1.17. The first-order chi connectivity index (χ1) is 8.99. The maximum absolute atomic E-state index is 11.5. The number of carbonyl (C=O) groups is 2. The number of halogens is 1. The number of amides is 1. The molecule has 0 aliphatic rings. The van der Waals surface area contributed by atoms with Crippen LogP contribution in [0.3, 0.4) is 0 Å². The summed E-state index contributed by atoms with van der Waals surface area (Å²) in [7, 11) is 1.58. The zero-order chi connectivity index (χ0) is 14.4. The molecular weight excluding hydrogens is 268 g/mol. The van der Waals surface area contributed by atoms with E-state index < -0.39 is 5.97 Å². The van der Waals surface area contributed by atoms with E-state index in [-0.39, 0.29) is 23.0 Å². The van der Waals surface area contributed by atoms with Gasteiger partial charge in [0.15, 0.2) is 0 Å². The minimum atomic E-state index is -1.06. The van der Waals surface area contributed by atoms with E-state index in [0.29, 0.717) is 6.54 Å². The number of anilines is 1. The van der Waals surface area contributed by atoms with Gasteiger partial charge in [0.25, 0.3) is 0 Å². The van der Waals surface area contributed by atoms with Crippen LogP contribution in [0.15, 0.2) is 18.2 Å². The normalized spacial score (nSPS) is 10.1. The minimum absolute atomic E-state index is 0.0572. The highest BCUT2D eigenvalue weighted by Gasteiger charge is 2.14. The maximum atomic E-state index is 11.5. The van der Waals surface area contributed by atoms with Crippen molar-refractivity contribution in [2.45, 2.75) is 13.3 Å². The topological polar surface area (TPSA) is 69.6 Å². The van der Waals surface area contributed by atoms with E-state index in [4.69, 9.17) is 16.7 Å². The molecule has 0 bridgehead atoms. The summed E-state index contributed by atoms with van der Waals surface area (Å²) in [5.41, 5.74) is 0.794. The highest BCUT2D eigenvalue weighted by atomic mass is 35.5. The third-order valence-corrected chi connectivity index (χ3v) is 2.97. The van der Waals surface area contributed by atoms with E-state index in [0.717, 1.165) is 12.1 Å². The molecule has 2 N–H and O–H groups in total. The number of aromatic carboxylic acids is 1. The van der Waals surface area contributed by atoms with Gasteiger partial charge in [-0.05, 0) is 24.6 Å². The fourth-order valence-electron chi connectivity index (χ4n) is 1.70. The predicted molar refractivity (Wildman–Crippen MR) is 75.0 cm³/mol. The van der Waals surface area contributed by atoms with Crippen LogP contribution < -0.4 is 10.2 Å². The summed E-state index contributed by atoms with van der Waals surface area (Å²) in [6, 6.07) is 4.68. The lowest BCUT2D eigenvalue weighted by molar-refractivity contribution is -0.119. The number of rotatable bonds is 6. The van der Waals surface area contributed by atoms with Crippen molar-refractivity contribution < 1.29 is 14.7 Å². The van der Waals surface area contributed by atoms with Crippen molar-refractivity contribution in [3.8, 4) is 0 Å². The quantitative estimate of drug-likeness (QED) is 0.838. The molecule has 104 valence electrons. The molecule has 5 nitrogen and oxygen atoms in total. The maximum Gasteiger partial charge on any atom is 0.337 e. The molecule has 6 heteroatoms. The van der Waals surface area contributed by atoms with E-state index in [9.17, 15) is 9.59 Å². The van der Waals surface area contributed by atoms with Crippen LogP contribution in [0.5, 0.6) is 0 Å². The van der Waals surface area contributed by atoms with Crippen molar-refractivity contribution in [1.82, 2.24) is 5.32 Å². The van der Waals surface area contributed by atoms with Gasteiger partial charge in [-0.25, -0.2) is 4.79 Å². The Morgan fingerprint density at radius 1 is 1.42 bits per heavy atom. The van der Waals surface area contributed by atoms with Crippen molar-refractivity contribution in [2.75, 3.05) is 25.0 Å². The Labute approximate surface area is 117 Å². The second-order valence-electron chi connectivity index (χ2n) is 4.06. The summed E-state index contributed by atoms with van der Waals surface area (Å²) < 4.78 is 0. The van der Waals surface area contributed by atoms with Gasteiger partial charge < -0.3 is 15.3 Å². The Bertz CT molecular complexity index is 477. The first-order valence-corrected chi connectivity index (χ1v) is 6.35. The number of likely N-dealkylation sites (N-methyl/N-ethyl adjacent to an activating group) is 1. The van der Waals surface area contributed by atoms with Crippen LogP contribution >= 0.6 is 11.6 Å². The number of carboxylic acid groups (broad SMARTS) is 1. The number of hydrogen-bond acceptors (Lipinski definition) is 3. The van der Waals surface area contributed by atoms with Crippen LogP contribution in [0.2, 0.25) is 5.02 Å². The van der Waals surface area contributed by atoms with E-state index >= 15 is 0 Å². The highest BCUT2D eigenvalue weighted by Crippen LogP contribution is 2.24. The molecule has 0 radical (unpaired) electrons. The fraction of sp³-hybridized carbons (Fsp3) is 0.385. The van der Waals surface area contributed by atoms with Gasteiger partial charge in [0.2, 0.25) is 5.91 Å². The molecule has 0 saturated carbocycles. The molecule has 0 spiro atoms. The average Bonchev–Trinajstić information content (AvgIpc) is 2.37.